The Bertz CT molecular complexity index is 592. The Morgan fingerprint density at radius 3 is 2.88 bits per heavy atom. The molecular formula is C12H16N4O. The lowest BCUT2D eigenvalue weighted by molar-refractivity contribution is 0.366. The van der Waals surface area contributed by atoms with Gasteiger partial charge in [-0.2, -0.15) is 0 Å². The molecule has 0 radical (unpaired) electrons. The van der Waals surface area contributed by atoms with Crippen LogP contribution < -0.4 is 11.0 Å². The van der Waals surface area contributed by atoms with Crippen molar-refractivity contribution in [1.82, 2.24) is 19.4 Å². The van der Waals surface area contributed by atoms with Gasteiger partial charge in [-0.25, -0.2) is 4.79 Å². The summed E-state index contributed by atoms with van der Waals surface area (Å²) in [5.41, 5.74) is 1.98. The lowest BCUT2D eigenvalue weighted by atomic mass is 10.1. The van der Waals surface area contributed by atoms with E-state index >= 15 is 0 Å². The average Bonchev–Trinajstić information content (AvgIpc) is 2.64. The van der Waals surface area contributed by atoms with E-state index in [4.69, 9.17) is 0 Å². The number of rotatable bonds is 1. The van der Waals surface area contributed by atoms with Crippen LogP contribution in [0.3, 0.4) is 0 Å². The first-order chi connectivity index (χ1) is 8.29. The number of fused-ring (bicyclic) bond motifs is 1. The Morgan fingerprint density at radius 2 is 2.12 bits per heavy atom. The van der Waals surface area contributed by atoms with Gasteiger partial charge in [0.15, 0.2) is 0 Å². The highest BCUT2D eigenvalue weighted by Crippen LogP contribution is 2.21. The summed E-state index contributed by atoms with van der Waals surface area (Å²) < 4.78 is 3.61. The first-order valence-corrected chi connectivity index (χ1v) is 6.00. The number of hydrogen-bond acceptors (Lipinski definition) is 3. The van der Waals surface area contributed by atoms with Crippen molar-refractivity contribution in [3.05, 3.63) is 28.9 Å². The maximum Gasteiger partial charge on any atom is 0.329 e. The minimum absolute atomic E-state index is 0.0694. The Kier molecular flexibility index (Phi) is 2.48. The van der Waals surface area contributed by atoms with Gasteiger partial charge in [0, 0.05) is 19.3 Å². The maximum absolute atomic E-state index is 12.3. The van der Waals surface area contributed by atoms with Crippen molar-refractivity contribution in [3.8, 4) is 0 Å². The van der Waals surface area contributed by atoms with Crippen LogP contribution >= 0.6 is 0 Å². The zero-order chi connectivity index (χ0) is 11.8. The third-order valence-corrected chi connectivity index (χ3v) is 3.57. The SMILES string of the molecule is Cn1c(=O)n(C2CCNCC2)c2ccncc21. The number of aromatic nitrogens is 3. The molecule has 0 amide bonds. The fraction of sp³-hybridized carbons (Fsp3) is 0.500. The molecule has 3 rings (SSSR count). The van der Waals surface area contributed by atoms with Crippen molar-refractivity contribution < 1.29 is 0 Å². The summed E-state index contributed by atoms with van der Waals surface area (Å²) in [7, 11) is 1.81. The first-order valence-electron chi connectivity index (χ1n) is 6.00. The average molecular weight is 232 g/mol. The molecule has 0 saturated carbocycles. The van der Waals surface area contributed by atoms with Gasteiger partial charge in [0.2, 0.25) is 0 Å². The molecule has 1 aliphatic heterocycles. The molecule has 0 atom stereocenters. The highest BCUT2D eigenvalue weighted by atomic mass is 16.1. The Morgan fingerprint density at radius 1 is 1.35 bits per heavy atom. The minimum atomic E-state index is 0.0694. The maximum atomic E-state index is 12.3. The number of piperidine rings is 1. The van der Waals surface area contributed by atoms with Crippen LogP contribution in [-0.2, 0) is 7.05 Å². The van der Waals surface area contributed by atoms with Gasteiger partial charge in [0.25, 0.3) is 0 Å². The van der Waals surface area contributed by atoms with E-state index in [0.29, 0.717) is 6.04 Å². The third kappa shape index (κ3) is 1.58. The molecule has 5 heteroatoms. The predicted molar refractivity (Wildman–Crippen MR) is 66.1 cm³/mol. The van der Waals surface area contributed by atoms with Gasteiger partial charge in [0.1, 0.15) is 0 Å². The zero-order valence-electron chi connectivity index (χ0n) is 9.89. The predicted octanol–water partition coefficient (Wildman–Crippen LogP) is 0.659. The highest BCUT2D eigenvalue weighted by Gasteiger charge is 2.20. The molecule has 3 heterocycles. The van der Waals surface area contributed by atoms with Crippen LogP contribution in [0.2, 0.25) is 0 Å². The van der Waals surface area contributed by atoms with E-state index in [1.165, 1.54) is 0 Å². The van der Waals surface area contributed by atoms with Crippen LogP contribution in [-0.4, -0.2) is 27.2 Å². The number of pyridine rings is 1. The molecule has 1 N–H and O–H groups in total. The summed E-state index contributed by atoms with van der Waals surface area (Å²) in [6.07, 6.45) is 5.54. The van der Waals surface area contributed by atoms with Crippen LogP contribution in [0.25, 0.3) is 11.0 Å². The van der Waals surface area contributed by atoms with Gasteiger partial charge < -0.3 is 5.32 Å². The first kappa shape index (κ1) is 10.5. The van der Waals surface area contributed by atoms with Crippen LogP contribution in [0.15, 0.2) is 23.3 Å². The monoisotopic (exact) mass is 232 g/mol. The summed E-state index contributed by atoms with van der Waals surface area (Å²) in [4.78, 5) is 16.4. The summed E-state index contributed by atoms with van der Waals surface area (Å²) >= 11 is 0. The number of nitrogens with one attached hydrogen (secondary N) is 1. The van der Waals surface area contributed by atoms with Gasteiger partial charge in [0.05, 0.1) is 17.2 Å². The molecule has 5 nitrogen and oxygen atoms in total. The van der Waals surface area contributed by atoms with Crippen molar-refractivity contribution in [2.45, 2.75) is 18.9 Å². The quantitative estimate of drug-likeness (QED) is 0.786. The van der Waals surface area contributed by atoms with Crippen molar-refractivity contribution in [2.24, 2.45) is 7.05 Å². The molecule has 17 heavy (non-hydrogen) atoms. The molecular weight excluding hydrogens is 216 g/mol. The number of hydrogen-bond donors (Lipinski definition) is 1. The summed E-state index contributed by atoms with van der Waals surface area (Å²) in [5, 5.41) is 3.32. The second-order valence-corrected chi connectivity index (χ2v) is 4.56. The minimum Gasteiger partial charge on any atom is -0.317 e. The van der Waals surface area contributed by atoms with Crippen molar-refractivity contribution >= 4 is 11.0 Å². The van der Waals surface area contributed by atoms with Gasteiger partial charge in [-0.15, -0.1) is 0 Å². The van der Waals surface area contributed by atoms with E-state index in [0.717, 1.165) is 37.0 Å². The van der Waals surface area contributed by atoms with E-state index in [9.17, 15) is 4.79 Å². The number of nitrogens with zero attached hydrogens (tertiary/aromatic N) is 3. The fourth-order valence-electron chi connectivity index (χ4n) is 2.63. The largest absolute Gasteiger partial charge is 0.329 e. The van der Waals surface area contributed by atoms with Crippen LogP contribution in [0.1, 0.15) is 18.9 Å². The topological polar surface area (TPSA) is 51.9 Å². The second-order valence-electron chi connectivity index (χ2n) is 4.56. The molecule has 0 spiro atoms. The van der Waals surface area contributed by atoms with Gasteiger partial charge in [-0.05, 0) is 32.0 Å². The molecule has 90 valence electrons. The molecule has 2 aromatic rings. The lowest BCUT2D eigenvalue weighted by Gasteiger charge is -2.23. The van der Waals surface area contributed by atoms with Gasteiger partial charge in [-0.3, -0.25) is 14.1 Å². The lowest BCUT2D eigenvalue weighted by Crippen LogP contribution is -2.34. The van der Waals surface area contributed by atoms with Crippen LogP contribution in [0.4, 0.5) is 0 Å². The molecule has 1 saturated heterocycles. The standard InChI is InChI=1S/C12H16N4O/c1-15-11-8-14-7-4-10(11)16(12(15)17)9-2-5-13-6-3-9/h4,7-9,13H,2-3,5-6H2,1H3. The van der Waals surface area contributed by atoms with E-state index in [1.807, 2.05) is 17.7 Å². The molecule has 0 aromatic carbocycles. The van der Waals surface area contributed by atoms with Gasteiger partial charge >= 0.3 is 5.69 Å². The van der Waals surface area contributed by atoms with Crippen LogP contribution in [0.5, 0.6) is 0 Å². The Hall–Kier alpha value is -1.62. The van der Waals surface area contributed by atoms with E-state index in [-0.39, 0.29) is 5.69 Å². The van der Waals surface area contributed by atoms with Crippen LogP contribution in [0, 0.1) is 0 Å². The molecule has 0 aliphatic carbocycles. The molecule has 0 bridgehead atoms. The molecule has 1 fully saturated rings. The molecule has 2 aromatic heterocycles. The molecule has 1 aliphatic rings. The Balaban J connectivity index is 2.21. The van der Waals surface area contributed by atoms with E-state index in [2.05, 4.69) is 10.3 Å². The van der Waals surface area contributed by atoms with E-state index in [1.54, 1.807) is 17.0 Å². The summed E-state index contributed by atoms with van der Waals surface area (Å²) in [6.45, 7) is 1.97. The second kappa shape index (κ2) is 4.00. The third-order valence-electron chi connectivity index (χ3n) is 3.57. The van der Waals surface area contributed by atoms with Crippen molar-refractivity contribution in [2.75, 3.05) is 13.1 Å². The van der Waals surface area contributed by atoms with Crippen molar-refractivity contribution in [1.29, 1.82) is 0 Å². The van der Waals surface area contributed by atoms with Crippen molar-refractivity contribution in [3.63, 3.8) is 0 Å². The highest BCUT2D eigenvalue weighted by molar-refractivity contribution is 5.74. The fourth-order valence-corrected chi connectivity index (χ4v) is 2.63. The van der Waals surface area contributed by atoms with E-state index < -0.39 is 0 Å². The zero-order valence-corrected chi connectivity index (χ0v) is 9.89. The summed E-state index contributed by atoms with van der Waals surface area (Å²) in [5.74, 6) is 0. The smallest absolute Gasteiger partial charge is 0.317 e. The normalized spacial score (nSPS) is 17.7. The number of aryl methyl sites for hydroxylation is 1. The Labute approximate surface area is 99.1 Å². The molecule has 0 unspecified atom stereocenters. The summed E-state index contributed by atoms with van der Waals surface area (Å²) in [6, 6.07) is 2.24. The number of imidazole rings is 1. The van der Waals surface area contributed by atoms with Gasteiger partial charge in [-0.1, -0.05) is 0 Å².